The van der Waals surface area contributed by atoms with Gasteiger partial charge in [0.05, 0.1) is 0 Å². The summed E-state index contributed by atoms with van der Waals surface area (Å²) < 4.78 is 7.46. The summed E-state index contributed by atoms with van der Waals surface area (Å²) in [5, 5.41) is 0. The largest absolute Gasteiger partial charge is 0.385 e. The van der Waals surface area contributed by atoms with Crippen molar-refractivity contribution in [3.63, 3.8) is 0 Å². The summed E-state index contributed by atoms with van der Waals surface area (Å²) in [5.41, 5.74) is 0. The van der Waals surface area contributed by atoms with Gasteiger partial charge in [0.2, 0.25) is 0 Å². The third-order valence-corrected chi connectivity index (χ3v) is 3.89. The zero-order valence-electron chi connectivity index (χ0n) is 11.6. The number of piperidine rings is 1. The summed E-state index contributed by atoms with van der Waals surface area (Å²) in [5.74, 6) is 0.852. The number of hydrogen-bond donors (Lipinski definition) is 0. The van der Waals surface area contributed by atoms with E-state index in [0.717, 1.165) is 19.1 Å². The van der Waals surface area contributed by atoms with Gasteiger partial charge in [-0.25, -0.2) is 0 Å². The maximum Gasteiger partial charge on any atom is 0.0465 e. The van der Waals surface area contributed by atoms with Gasteiger partial charge in [-0.2, -0.15) is 0 Å². The van der Waals surface area contributed by atoms with Crippen LogP contribution in [0.5, 0.6) is 0 Å². The maximum atomic E-state index is 5.19. The molecule has 0 N–H and O–H groups in total. The summed E-state index contributed by atoms with van der Waals surface area (Å²) in [7, 11) is 1.80. The van der Waals surface area contributed by atoms with Gasteiger partial charge < -0.3 is 14.2 Å². The number of likely N-dealkylation sites (tertiary alicyclic amines) is 1. The monoisotopic (exact) mass is 250 g/mol. The molecule has 0 radical (unpaired) electrons. The van der Waals surface area contributed by atoms with Crippen LogP contribution in [0.4, 0.5) is 0 Å². The lowest BCUT2D eigenvalue weighted by molar-refractivity contribution is 0.125. The Hall–Kier alpha value is -0.800. The van der Waals surface area contributed by atoms with Crippen molar-refractivity contribution in [3.8, 4) is 0 Å². The summed E-state index contributed by atoms with van der Waals surface area (Å²) in [6, 6.07) is 4.20. The van der Waals surface area contributed by atoms with Gasteiger partial charge in [-0.3, -0.25) is 0 Å². The first-order valence-electron chi connectivity index (χ1n) is 7.20. The van der Waals surface area contributed by atoms with E-state index in [1.165, 1.54) is 45.3 Å². The van der Waals surface area contributed by atoms with E-state index in [2.05, 4.69) is 34.0 Å². The molecule has 0 bridgehead atoms. The van der Waals surface area contributed by atoms with Crippen LogP contribution in [0.3, 0.4) is 0 Å². The second-order valence-corrected chi connectivity index (χ2v) is 5.36. The molecular weight excluding hydrogens is 224 g/mol. The van der Waals surface area contributed by atoms with E-state index in [-0.39, 0.29) is 0 Å². The number of hydrogen-bond acceptors (Lipinski definition) is 2. The first-order chi connectivity index (χ1) is 8.88. The fraction of sp³-hybridized carbons (Fsp3) is 0.733. The molecule has 1 atom stereocenters. The molecule has 0 aromatic carbocycles. The molecule has 1 aliphatic heterocycles. The Bertz CT molecular complexity index is 310. The Morgan fingerprint density at radius 2 is 2.06 bits per heavy atom. The highest BCUT2D eigenvalue weighted by molar-refractivity contribution is 4.90. The van der Waals surface area contributed by atoms with Gasteiger partial charge in [0.25, 0.3) is 0 Å². The van der Waals surface area contributed by atoms with E-state index >= 15 is 0 Å². The zero-order valence-corrected chi connectivity index (χ0v) is 11.6. The smallest absolute Gasteiger partial charge is 0.0465 e. The third-order valence-electron chi connectivity index (χ3n) is 3.89. The quantitative estimate of drug-likeness (QED) is 0.740. The van der Waals surface area contributed by atoms with Crippen molar-refractivity contribution in [2.24, 2.45) is 5.92 Å². The van der Waals surface area contributed by atoms with Crippen molar-refractivity contribution >= 4 is 0 Å². The fourth-order valence-corrected chi connectivity index (χ4v) is 2.87. The fourth-order valence-electron chi connectivity index (χ4n) is 2.87. The van der Waals surface area contributed by atoms with Crippen molar-refractivity contribution in [3.05, 3.63) is 24.5 Å². The molecule has 0 unspecified atom stereocenters. The normalized spacial score (nSPS) is 21.3. The van der Waals surface area contributed by atoms with E-state index in [1.54, 1.807) is 7.11 Å². The minimum Gasteiger partial charge on any atom is -0.385 e. The van der Waals surface area contributed by atoms with Crippen molar-refractivity contribution in [1.82, 2.24) is 9.47 Å². The predicted molar refractivity (Wildman–Crippen MR) is 74.7 cm³/mol. The van der Waals surface area contributed by atoms with Crippen molar-refractivity contribution in [2.45, 2.75) is 32.2 Å². The van der Waals surface area contributed by atoms with E-state index < -0.39 is 0 Å². The van der Waals surface area contributed by atoms with Gasteiger partial charge in [-0.05, 0) is 56.8 Å². The van der Waals surface area contributed by atoms with E-state index in [0.29, 0.717) is 0 Å². The minimum absolute atomic E-state index is 0.852. The maximum absolute atomic E-state index is 5.19. The lowest BCUT2D eigenvalue weighted by atomic mass is 9.95. The van der Waals surface area contributed by atoms with Gasteiger partial charge in [0.15, 0.2) is 0 Å². The molecular formula is C15H26N2O. The van der Waals surface area contributed by atoms with Crippen LogP contribution in [0, 0.1) is 5.92 Å². The SMILES string of the molecule is COCC[C@H]1CCCN(CCCn2cccc2)C1. The van der Waals surface area contributed by atoms with Gasteiger partial charge >= 0.3 is 0 Å². The second-order valence-electron chi connectivity index (χ2n) is 5.36. The Morgan fingerprint density at radius 3 is 2.83 bits per heavy atom. The average molecular weight is 250 g/mol. The zero-order chi connectivity index (χ0) is 12.6. The van der Waals surface area contributed by atoms with Crippen LogP contribution in [-0.4, -0.2) is 42.8 Å². The van der Waals surface area contributed by atoms with Crippen molar-refractivity contribution in [1.29, 1.82) is 0 Å². The third kappa shape index (κ3) is 4.46. The highest BCUT2D eigenvalue weighted by Gasteiger charge is 2.18. The van der Waals surface area contributed by atoms with Crippen molar-refractivity contribution < 1.29 is 4.74 Å². The van der Waals surface area contributed by atoms with Crippen LogP contribution in [0.1, 0.15) is 25.7 Å². The van der Waals surface area contributed by atoms with Crippen LogP contribution in [0.15, 0.2) is 24.5 Å². The van der Waals surface area contributed by atoms with E-state index in [9.17, 15) is 0 Å². The molecule has 0 spiro atoms. The molecule has 3 nitrogen and oxygen atoms in total. The van der Waals surface area contributed by atoms with Crippen LogP contribution in [0.2, 0.25) is 0 Å². The van der Waals surface area contributed by atoms with Gasteiger partial charge in [-0.15, -0.1) is 0 Å². The van der Waals surface area contributed by atoms with E-state index in [1.807, 2.05) is 0 Å². The molecule has 3 heteroatoms. The highest BCUT2D eigenvalue weighted by Crippen LogP contribution is 2.19. The summed E-state index contributed by atoms with van der Waals surface area (Å²) in [6.45, 7) is 5.86. The number of aryl methyl sites for hydroxylation is 1. The van der Waals surface area contributed by atoms with Gasteiger partial charge in [0, 0.05) is 39.2 Å². The molecule has 1 aromatic rings. The molecule has 2 rings (SSSR count). The lowest BCUT2D eigenvalue weighted by Gasteiger charge is -2.32. The number of rotatable bonds is 7. The lowest BCUT2D eigenvalue weighted by Crippen LogP contribution is -2.36. The first kappa shape index (κ1) is 13.6. The number of nitrogens with zero attached hydrogens (tertiary/aromatic N) is 2. The summed E-state index contributed by atoms with van der Waals surface area (Å²) >= 11 is 0. The van der Waals surface area contributed by atoms with Crippen LogP contribution in [0.25, 0.3) is 0 Å². The Labute approximate surface area is 111 Å². The molecule has 1 saturated heterocycles. The van der Waals surface area contributed by atoms with Crippen LogP contribution in [-0.2, 0) is 11.3 Å². The molecule has 0 saturated carbocycles. The van der Waals surface area contributed by atoms with Gasteiger partial charge in [-0.1, -0.05) is 0 Å². The number of methoxy groups -OCH3 is 1. The summed E-state index contributed by atoms with van der Waals surface area (Å²) in [6.07, 6.45) is 9.53. The minimum atomic E-state index is 0.852. The average Bonchev–Trinajstić information content (AvgIpc) is 2.90. The summed E-state index contributed by atoms with van der Waals surface area (Å²) in [4.78, 5) is 2.63. The van der Waals surface area contributed by atoms with Crippen LogP contribution < -0.4 is 0 Å². The molecule has 0 aliphatic carbocycles. The molecule has 0 amide bonds. The highest BCUT2D eigenvalue weighted by atomic mass is 16.5. The molecule has 1 aromatic heterocycles. The predicted octanol–water partition coefficient (Wildman–Crippen LogP) is 2.63. The van der Waals surface area contributed by atoms with E-state index in [4.69, 9.17) is 4.74 Å². The van der Waals surface area contributed by atoms with Gasteiger partial charge in [0.1, 0.15) is 0 Å². The molecule has 102 valence electrons. The Morgan fingerprint density at radius 1 is 1.22 bits per heavy atom. The number of aromatic nitrogens is 1. The number of ether oxygens (including phenoxy) is 1. The molecule has 18 heavy (non-hydrogen) atoms. The Kier molecular flexibility index (Phi) is 5.75. The first-order valence-corrected chi connectivity index (χ1v) is 7.20. The topological polar surface area (TPSA) is 17.4 Å². The Balaban J connectivity index is 1.63. The van der Waals surface area contributed by atoms with Crippen molar-refractivity contribution in [2.75, 3.05) is 33.4 Å². The molecule has 2 heterocycles. The molecule has 1 aliphatic rings. The standard InChI is InChI=1S/C15H26N2O/c1-18-13-7-15-6-4-10-17(14-15)12-5-11-16-8-2-3-9-16/h2-3,8-9,15H,4-7,10-14H2,1H3/t15-/m1/s1. The second kappa shape index (κ2) is 7.59. The van der Waals surface area contributed by atoms with Crippen LogP contribution >= 0.6 is 0 Å². The molecule has 1 fully saturated rings.